The number of anilines is 1. The largest absolute Gasteiger partial charge is 0.475 e. The predicted octanol–water partition coefficient (Wildman–Crippen LogP) is 1.70. The molecule has 22 heavy (non-hydrogen) atoms. The number of fused-ring (bicyclic) bond motifs is 1. The summed E-state index contributed by atoms with van der Waals surface area (Å²) in [5.41, 5.74) is 4.88. The second-order valence-corrected chi connectivity index (χ2v) is 7.49. The quantitative estimate of drug-likeness (QED) is 0.829. The minimum Gasteiger partial charge on any atom is -0.475 e. The Morgan fingerprint density at radius 2 is 1.95 bits per heavy atom. The smallest absolute Gasteiger partial charge is 0.268 e. The summed E-state index contributed by atoms with van der Waals surface area (Å²) in [5.74, 6) is 0.257. The summed E-state index contributed by atoms with van der Waals surface area (Å²) in [4.78, 5) is 12.4. The van der Waals surface area contributed by atoms with E-state index in [1.165, 1.54) is 12.1 Å². The second-order valence-electron chi connectivity index (χ2n) is 5.38. The number of rotatable bonds is 6. The lowest BCUT2D eigenvalue weighted by molar-refractivity contribution is -0.133. The molecule has 0 unspecified atom stereocenters. The molecule has 1 heterocycles. The van der Waals surface area contributed by atoms with Gasteiger partial charge in [0.15, 0.2) is 15.4 Å². The summed E-state index contributed by atoms with van der Waals surface area (Å²) >= 11 is 0. The van der Waals surface area contributed by atoms with Crippen molar-refractivity contribution < 1.29 is 17.9 Å². The molecular weight excluding hydrogens is 304 g/mol. The van der Waals surface area contributed by atoms with Gasteiger partial charge in [0.25, 0.3) is 5.91 Å². The normalized spacial score (nSPS) is 16.6. The zero-order chi connectivity index (χ0) is 16.4. The van der Waals surface area contributed by atoms with Crippen LogP contribution in [0, 0.1) is 0 Å². The van der Waals surface area contributed by atoms with Gasteiger partial charge in [-0.25, -0.2) is 8.42 Å². The lowest BCUT2D eigenvalue weighted by Gasteiger charge is -2.36. The summed E-state index contributed by atoms with van der Waals surface area (Å²) in [5, 5.41) is 2.77. The topological polar surface area (TPSA) is 98.5 Å². The van der Waals surface area contributed by atoms with Crippen LogP contribution in [0.3, 0.4) is 0 Å². The van der Waals surface area contributed by atoms with Gasteiger partial charge in [-0.3, -0.25) is 4.79 Å². The Balaban J connectivity index is 2.35. The van der Waals surface area contributed by atoms with E-state index in [4.69, 9.17) is 10.5 Å². The molecule has 122 valence electrons. The number of carbonyl (C=O) groups excluding carboxylic acids is 1. The Kier molecular flexibility index (Phi) is 4.77. The highest BCUT2D eigenvalue weighted by Crippen LogP contribution is 2.38. The zero-order valence-electron chi connectivity index (χ0n) is 12.9. The van der Waals surface area contributed by atoms with E-state index in [9.17, 15) is 13.2 Å². The molecule has 1 aromatic rings. The molecule has 1 amide bonds. The number of hydrogen-bond donors (Lipinski definition) is 2. The van der Waals surface area contributed by atoms with Crippen LogP contribution in [0.15, 0.2) is 23.1 Å². The van der Waals surface area contributed by atoms with E-state index >= 15 is 0 Å². The molecule has 6 nitrogen and oxygen atoms in total. The average molecular weight is 326 g/mol. The molecule has 1 aliphatic rings. The number of hydrogen-bond acceptors (Lipinski definition) is 5. The molecule has 0 atom stereocenters. The third kappa shape index (κ3) is 2.96. The van der Waals surface area contributed by atoms with Crippen molar-refractivity contribution in [2.24, 2.45) is 5.73 Å². The molecular formula is C15H22N2O4S. The van der Waals surface area contributed by atoms with Crippen molar-refractivity contribution in [2.75, 3.05) is 17.6 Å². The van der Waals surface area contributed by atoms with Crippen LogP contribution < -0.4 is 15.8 Å². The van der Waals surface area contributed by atoms with E-state index in [-0.39, 0.29) is 16.6 Å². The van der Waals surface area contributed by atoms with Gasteiger partial charge in [0.1, 0.15) is 5.75 Å². The monoisotopic (exact) mass is 326 g/mol. The van der Waals surface area contributed by atoms with E-state index in [1.54, 1.807) is 6.07 Å². The molecule has 7 heteroatoms. The first-order valence-electron chi connectivity index (χ1n) is 7.46. The van der Waals surface area contributed by atoms with Gasteiger partial charge in [0.2, 0.25) is 0 Å². The molecule has 0 bridgehead atoms. The van der Waals surface area contributed by atoms with Crippen molar-refractivity contribution in [2.45, 2.75) is 43.6 Å². The van der Waals surface area contributed by atoms with E-state index in [0.717, 1.165) is 0 Å². The SMILES string of the molecule is CCC1(CC)Oc2ccc(S(=O)(=O)CCCN)cc2NC1=O. The molecule has 0 aliphatic carbocycles. The van der Waals surface area contributed by atoms with Crippen molar-refractivity contribution in [1.29, 1.82) is 0 Å². The molecule has 3 N–H and O–H groups in total. The molecule has 2 rings (SSSR count). The fourth-order valence-electron chi connectivity index (χ4n) is 2.49. The van der Waals surface area contributed by atoms with Crippen LogP contribution >= 0.6 is 0 Å². The molecule has 1 aliphatic heterocycles. The second kappa shape index (κ2) is 6.26. The summed E-state index contributed by atoms with van der Waals surface area (Å²) in [7, 11) is -3.40. The van der Waals surface area contributed by atoms with Crippen molar-refractivity contribution in [3.63, 3.8) is 0 Å². The number of sulfone groups is 1. The van der Waals surface area contributed by atoms with Crippen molar-refractivity contribution in [1.82, 2.24) is 0 Å². The number of amides is 1. The van der Waals surface area contributed by atoms with Gasteiger partial charge in [-0.1, -0.05) is 13.8 Å². The van der Waals surface area contributed by atoms with Crippen molar-refractivity contribution in [3.05, 3.63) is 18.2 Å². The number of nitrogens with two attached hydrogens (primary N) is 1. The van der Waals surface area contributed by atoms with Gasteiger partial charge in [-0.2, -0.15) is 0 Å². The highest BCUT2D eigenvalue weighted by atomic mass is 32.2. The first-order valence-corrected chi connectivity index (χ1v) is 9.11. The fourth-order valence-corrected chi connectivity index (χ4v) is 3.84. The van der Waals surface area contributed by atoms with Gasteiger partial charge < -0.3 is 15.8 Å². The minimum absolute atomic E-state index is 0.00898. The first-order chi connectivity index (χ1) is 10.4. The Bertz CT molecular complexity index is 666. The lowest BCUT2D eigenvalue weighted by Crippen LogP contribution is -2.49. The number of benzene rings is 1. The first kappa shape index (κ1) is 16.8. The summed E-state index contributed by atoms with van der Waals surface area (Å²) in [6.45, 7) is 4.10. The fraction of sp³-hybridized carbons (Fsp3) is 0.533. The summed E-state index contributed by atoms with van der Waals surface area (Å²) < 4.78 is 30.2. The van der Waals surface area contributed by atoms with Crippen LogP contribution in [-0.2, 0) is 14.6 Å². The van der Waals surface area contributed by atoms with Crippen molar-refractivity contribution in [3.8, 4) is 5.75 Å². The minimum atomic E-state index is -3.40. The van der Waals surface area contributed by atoms with E-state index in [2.05, 4.69) is 5.32 Å². The number of nitrogens with one attached hydrogen (secondary N) is 1. The van der Waals surface area contributed by atoms with Gasteiger partial charge >= 0.3 is 0 Å². The van der Waals surface area contributed by atoms with Gasteiger partial charge in [-0.05, 0) is 44.0 Å². The maximum atomic E-state index is 12.3. The maximum Gasteiger partial charge on any atom is 0.268 e. The van der Waals surface area contributed by atoms with Crippen LogP contribution in [0.1, 0.15) is 33.1 Å². The van der Waals surface area contributed by atoms with Crippen LogP contribution in [0.25, 0.3) is 0 Å². The number of ether oxygens (including phenoxy) is 1. The molecule has 0 saturated carbocycles. The van der Waals surface area contributed by atoms with E-state index in [0.29, 0.717) is 37.2 Å². The standard InChI is InChI=1S/C15H22N2O4S/c1-3-15(4-2)14(18)17-12-10-11(6-7-13(12)21-15)22(19,20)9-5-8-16/h6-7,10H,3-5,8-9,16H2,1-2H3,(H,17,18). The molecule has 0 saturated heterocycles. The highest BCUT2D eigenvalue weighted by Gasteiger charge is 2.41. The van der Waals surface area contributed by atoms with Crippen LogP contribution in [-0.4, -0.2) is 32.2 Å². The van der Waals surface area contributed by atoms with Gasteiger partial charge in [-0.15, -0.1) is 0 Å². The highest BCUT2D eigenvalue weighted by molar-refractivity contribution is 7.91. The lowest BCUT2D eigenvalue weighted by atomic mass is 9.94. The Morgan fingerprint density at radius 3 is 2.55 bits per heavy atom. The third-order valence-electron chi connectivity index (χ3n) is 4.04. The average Bonchev–Trinajstić information content (AvgIpc) is 2.52. The molecule has 0 radical (unpaired) electrons. The number of carbonyl (C=O) groups is 1. The predicted molar refractivity (Wildman–Crippen MR) is 84.7 cm³/mol. The maximum absolute atomic E-state index is 12.3. The van der Waals surface area contributed by atoms with Crippen LogP contribution in [0.5, 0.6) is 5.75 Å². The third-order valence-corrected chi connectivity index (χ3v) is 5.84. The molecule has 0 spiro atoms. The summed E-state index contributed by atoms with van der Waals surface area (Å²) in [6.07, 6.45) is 1.49. The Labute approximate surface area is 131 Å². The van der Waals surface area contributed by atoms with E-state index < -0.39 is 15.4 Å². The van der Waals surface area contributed by atoms with Crippen molar-refractivity contribution >= 4 is 21.4 Å². The molecule has 0 fully saturated rings. The van der Waals surface area contributed by atoms with Gasteiger partial charge in [0.05, 0.1) is 16.3 Å². The Morgan fingerprint density at radius 1 is 1.27 bits per heavy atom. The molecule has 1 aromatic carbocycles. The van der Waals surface area contributed by atoms with E-state index in [1.807, 2.05) is 13.8 Å². The Hall–Kier alpha value is -1.60. The summed E-state index contributed by atoms with van der Waals surface area (Å²) in [6, 6.07) is 4.57. The van der Waals surface area contributed by atoms with Crippen LogP contribution in [0.4, 0.5) is 5.69 Å². The zero-order valence-corrected chi connectivity index (χ0v) is 13.7. The molecule has 0 aromatic heterocycles. The van der Waals surface area contributed by atoms with Crippen LogP contribution in [0.2, 0.25) is 0 Å². The van der Waals surface area contributed by atoms with Gasteiger partial charge in [0, 0.05) is 0 Å².